The lowest BCUT2D eigenvalue weighted by molar-refractivity contribution is 0.0636. The molecule has 0 spiro atoms. The van der Waals surface area contributed by atoms with Gasteiger partial charge in [0.1, 0.15) is 11.1 Å². The van der Waals surface area contributed by atoms with Gasteiger partial charge in [-0.2, -0.15) is 5.10 Å². The zero-order valence-electron chi connectivity index (χ0n) is 19.2. The standard InChI is InChI=1S/C24H26N4O4S/c1-24(2,3)32-23(30)26-16-8-6-7-15(11-16)14-28-22(29)21-19(13-25-28)18-10-9-17(33(5)31)12-20(18)27(21)4/h6-13H,14H2,1-5H3,(H,26,30). The van der Waals surface area contributed by atoms with Crippen LogP contribution >= 0.6 is 0 Å². The third kappa shape index (κ3) is 4.68. The number of rotatable bonds is 4. The Morgan fingerprint density at radius 1 is 1.15 bits per heavy atom. The number of benzene rings is 2. The van der Waals surface area contributed by atoms with E-state index in [1.807, 2.05) is 35.9 Å². The maximum absolute atomic E-state index is 13.3. The van der Waals surface area contributed by atoms with E-state index in [-0.39, 0.29) is 12.1 Å². The van der Waals surface area contributed by atoms with Crippen molar-refractivity contribution in [1.82, 2.24) is 14.3 Å². The fourth-order valence-corrected chi connectivity index (χ4v) is 4.31. The van der Waals surface area contributed by atoms with Crippen LogP contribution in [0.25, 0.3) is 21.8 Å². The van der Waals surface area contributed by atoms with E-state index in [0.29, 0.717) is 16.1 Å². The molecule has 1 unspecified atom stereocenters. The third-order valence-electron chi connectivity index (χ3n) is 5.21. The lowest BCUT2D eigenvalue weighted by Gasteiger charge is -2.19. The molecule has 4 rings (SSSR count). The number of fused-ring (bicyclic) bond motifs is 3. The van der Waals surface area contributed by atoms with Crippen LogP contribution in [0.2, 0.25) is 0 Å². The van der Waals surface area contributed by atoms with Gasteiger partial charge in [-0.25, -0.2) is 9.48 Å². The first-order valence-corrected chi connectivity index (χ1v) is 12.0. The molecule has 0 saturated carbocycles. The van der Waals surface area contributed by atoms with Crippen LogP contribution in [0.4, 0.5) is 10.5 Å². The lowest BCUT2D eigenvalue weighted by Crippen LogP contribution is -2.27. The van der Waals surface area contributed by atoms with Crippen molar-refractivity contribution in [1.29, 1.82) is 0 Å². The molecule has 2 heterocycles. The summed E-state index contributed by atoms with van der Waals surface area (Å²) in [6.07, 6.45) is 2.77. The van der Waals surface area contributed by atoms with Crippen molar-refractivity contribution in [2.45, 2.75) is 37.8 Å². The van der Waals surface area contributed by atoms with Gasteiger partial charge in [-0.15, -0.1) is 0 Å². The first-order chi connectivity index (χ1) is 15.5. The molecule has 2 aromatic heterocycles. The van der Waals surface area contributed by atoms with Gasteiger partial charge in [-0.05, 0) is 50.6 Å². The molecule has 0 bridgehead atoms. The number of hydrogen-bond donors (Lipinski definition) is 1. The minimum absolute atomic E-state index is 0.226. The molecule has 9 heteroatoms. The van der Waals surface area contributed by atoms with Crippen molar-refractivity contribution < 1.29 is 13.7 Å². The normalized spacial score (nSPS) is 12.8. The Bertz CT molecular complexity index is 1460. The third-order valence-corrected chi connectivity index (χ3v) is 6.13. The Hall–Kier alpha value is -3.46. The summed E-state index contributed by atoms with van der Waals surface area (Å²) >= 11 is 0. The van der Waals surface area contributed by atoms with E-state index in [0.717, 1.165) is 21.9 Å². The second-order valence-electron chi connectivity index (χ2n) is 8.89. The van der Waals surface area contributed by atoms with Crippen LogP contribution in [0.15, 0.2) is 58.4 Å². The van der Waals surface area contributed by atoms with E-state index in [1.165, 1.54) is 4.68 Å². The number of amides is 1. The summed E-state index contributed by atoms with van der Waals surface area (Å²) in [5.74, 6) is 0. The van der Waals surface area contributed by atoms with Crippen LogP contribution in [0.3, 0.4) is 0 Å². The number of nitrogens with one attached hydrogen (secondary N) is 1. The molecule has 1 atom stereocenters. The molecule has 172 valence electrons. The zero-order valence-corrected chi connectivity index (χ0v) is 20.0. The van der Waals surface area contributed by atoms with Crippen molar-refractivity contribution in [2.24, 2.45) is 7.05 Å². The SMILES string of the molecule is Cn1c2cc(S(C)=O)ccc2c2cnn(Cc3cccc(NC(=O)OC(C)(C)C)c3)c(=O)c21. The first kappa shape index (κ1) is 22.7. The topological polar surface area (TPSA) is 95.2 Å². The van der Waals surface area contributed by atoms with E-state index >= 15 is 0 Å². The molecule has 4 aromatic rings. The summed E-state index contributed by atoms with van der Waals surface area (Å²) in [4.78, 5) is 26.1. The number of ether oxygens (including phenoxy) is 1. The molecule has 1 N–H and O–H groups in total. The number of carbonyl (C=O) groups is 1. The maximum atomic E-state index is 13.3. The highest BCUT2D eigenvalue weighted by Crippen LogP contribution is 2.27. The molecule has 0 aliphatic heterocycles. The summed E-state index contributed by atoms with van der Waals surface area (Å²) in [5, 5.41) is 8.74. The lowest BCUT2D eigenvalue weighted by atomic mass is 10.2. The van der Waals surface area contributed by atoms with Gasteiger partial charge in [-0.3, -0.25) is 14.3 Å². The van der Waals surface area contributed by atoms with Crippen LogP contribution in [0, 0.1) is 0 Å². The van der Waals surface area contributed by atoms with Crippen molar-refractivity contribution in [3.63, 3.8) is 0 Å². The predicted octanol–water partition coefficient (Wildman–Crippen LogP) is 4.02. The van der Waals surface area contributed by atoms with Crippen molar-refractivity contribution in [3.8, 4) is 0 Å². The van der Waals surface area contributed by atoms with Gasteiger partial charge in [0.2, 0.25) is 0 Å². The number of hydrogen-bond acceptors (Lipinski definition) is 5. The highest BCUT2D eigenvalue weighted by atomic mass is 32.2. The molecule has 2 aromatic carbocycles. The van der Waals surface area contributed by atoms with Gasteiger partial charge in [0.25, 0.3) is 5.56 Å². The smallest absolute Gasteiger partial charge is 0.412 e. The van der Waals surface area contributed by atoms with E-state index in [9.17, 15) is 13.8 Å². The Morgan fingerprint density at radius 2 is 1.91 bits per heavy atom. The van der Waals surface area contributed by atoms with Gasteiger partial charge >= 0.3 is 6.09 Å². The molecular formula is C24H26N4O4S. The molecule has 0 aliphatic rings. The van der Waals surface area contributed by atoms with Crippen LogP contribution in [-0.4, -0.2) is 36.5 Å². The molecule has 8 nitrogen and oxygen atoms in total. The molecule has 0 radical (unpaired) electrons. The second-order valence-corrected chi connectivity index (χ2v) is 10.3. The van der Waals surface area contributed by atoms with Gasteiger partial charge in [0.15, 0.2) is 0 Å². The average molecular weight is 467 g/mol. The van der Waals surface area contributed by atoms with Gasteiger partial charge < -0.3 is 9.30 Å². The highest BCUT2D eigenvalue weighted by molar-refractivity contribution is 7.84. The number of aryl methyl sites for hydroxylation is 1. The number of carbonyl (C=O) groups excluding carboxylic acids is 1. The monoisotopic (exact) mass is 466 g/mol. The zero-order chi connectivity index (χ0) is 23.9. The molecule has 0 saturated heterocycles. The highest BCUT2D eigenvalue weighted by Gasteiger charge is 2.17. The van der Waals surface area contributed by atoms with Crippen LogP contribution in [0.1, 0.15) is 26.3 Å². The minimum atomic E-state index is -1.11. The Labute approximate surface area is 193 Å². The summed E-state index contributed by atoms with van der Waals surface area (Å²) in [7, 11) is 0.709. The summed E-state index contributed by atoms with van der Waals surface area (Å²) < 4.78 is 20.4. The first-order valence-electron chi connectivity index (χ1n) is 10.4. The summed E-state index contributed by atoms with van der Waals surface area (Å²) in [6, 6.07) is 12.7. The van der Waals surface area contributed by atoms with Crippen LogP contribution < -0.4 is 10.9 Å². The quantitative estimate of drug-likeness (QED) is 0.490. The minimum Gasteiger partial charge on any atom is -0.444 e. The maximum Gasteiger partial charge on any atom is 0.412 e. The molecular weight excluding hydrogens is 440 g/mol. The number of aromatic nitrogens is 3. The van der Waals surface area contributed by atoms with Crippen molar-refractivity contribution in [3.05, 3.63) is 64.6 Å². The van der Waals surface area contributed by atoms with Crippen molar-refractivity contribution in [2.75, 3.05) is 11.6 Å². The van der Waals surface area contributed by atoms with E-state index < -0.39 is 22.5 Å². The van der Waals surface area contributed by atoms with E-state index in [2.05, 4.69) is 10.4 Å². The Morgan fingerprint density at radius 3 is 2.61 bits per heavy atom. The van der Waals surface area contributed by atoms with Gasteiger partial charge in [0, 0.05) is 45.5 Å². The Balaban J connectivity index is 1.67. The van der Waals surface area contributed by atoms with Crippen molar-refractivity contribution >= 4 is 44.4 Å². The van der Waals surface area contributed by atoms with Crippen LogP contribution in [0.5, 0.6) is 0 Å². The summed E-state index contributed by atoms with van der Waals surface area (Å²) in [5.41, 5.74) is 1.91. The predicted molar refractivity (Wildman–Crippen MR) is 130 cm³/mol. The fourth-order valence-electron chi connectivity index (χ4n) is 3.77. The second kappa shape index (κ2) is 8.47. The number of nitrogens with zero attached hydrogens (tertiary/aromatic N) is 3. The average Bonchev–Trinajstić information content (AvgIpc) is 3.01. The molecule has 33 heavy (non-hydrogen) atoms. The van der Waals surface area contributed by atoms with Gasteiger partial charge in [-0.1, -0.05) is 18.2 Å². The largest absolute Gasteiger partial charge is 0.444 e. The molecule has 0 fully saturated rings. The fraction of sp³-hybridized carbons (Fsp3) is 0.292. The summed E-state index contributed by atoms with van der Waals surface area (Å²) in [6.45, 7) is 5.64. The molecule has 0 aliphatic carbocycles. The Kier molecular flexibility index (Phi) is 5.84. The van der Waals surface area contributed by atoms with Gasteiger partial charge in [0.05, 0.1) is 18.3 Å². The van der Waals surface area contributed by atoms with Crippen LogP contribution in [-0.2, 0) is 29.1 Å². The molecule has 1 amide bonds. The number of anilines is 1. The van der Waals surface area contributed by atoms with E-state index in [1.54, 1.807) is 51.4 Å². The van der Waals surface area contributed by atoms with E-state index in [4.69, 9.17) is 4.74 Å².